The number of hydrogen-bond donors (Lipinski definition) is 0. The Labute approximate surface area is 158 Å². The van der Waals surface area contributed by atoms with Crippen molar-refractivity contribution in [1.29, 1.82) is 0 Å². The van der Waals surface area contributed by atoms with Gasteiger partial charge in [0.25, 0.3) is 0 Å². The van der Waals surface area contributed by atoms with Gasteiger partial charge in [-0.2, -0.15) is 29.5 Å². The van der Waals surface area contributed by atoms with Gasteiger partial charge in [0.15, 0.2) is 0 Å². The molecule has 1 saturated heterocycles. The van der Waals surface area contributed by atoms with Crippen LogP contribution in [0.5, 0.6) is 0 Å². The number of benzene rings is 1. The lowest BCUT2D eigenvalue weighted by Crippen LogP contribution is -2.46. The van der Waals surface area contributed by atoms with E-state index < -0.39 is 11.7 Å². The van der Waals surface area contributed by atoms with E-state index in [4.69, 9.17) is 4.52 Å². The van der Waals surface area contributed by atoms with E-state index >= 15 is 0 Å². The van der Waals surface area contributed by atoms with Gasteiger partial charge in [-0.15, -0.1) is 0 Å². The Hall–Kier alpha value is -2.39. The summed E-state index contributed by atoms with van der Waals surface area (Å²) in [6, 6.07) is 7.42. The Morgan fingerprint density at radius 3 is 2.63 bits per heavy atom. The summed E-state index contributed by atoms with van der Waals surface area (Å²) in [6.07, 6.45) is -4.32. The van der Waals surface area contributed by atoms with Crippen LogP contribution >= 0.6 is 11.3 Å². The summed E-state index contributed by atoms with van der Waals surface area (Å²) in [5.74, 6) is 1.12. The van der Waals surface area contributed by atoms with Gasteiger partial charge in [0.05, 0.1) is 12.1 Å². The van der Waals surface area contributed by atoms with E-state index in [-0.39, 0.29) is 0 Å². The molecular formula is C18H17F3N4OS. The molecule has 0 bridgehead atoms. The highest BCUT2D eigenvalue weighted by molar-refractivity contribution is 7.08. The van der Waals surface area contributed by atoms with Crippen LogP contribution in [0.4, 0.5) is 18.9 Å². The van der Waals surface area contributed by atoms with Crippen molar-refractivity contribution in [2.75, 3.05) is 31.1 Å². The Kier molecular flexibility index (Phi) is 4.88. The highest BCUT2D eigenvalue weighted by Gasteiger charge is 2.31. The van der Waals surface area contributed by atoms with E-state index in [2.05, 4.69) is 15.0 Å². The Balaban J connectivity index is 1.36. The zero-order chi connectivity index (χ0) is 18.9. The van der Waals surface area contributed by atoms with Crippen LogP contribution < -0.4 is 4.90 Å². The largest absolute Gasteiger partial charge is 0.416 e. The van der Waals surface area contributed by atoms with E-state index in [1.54, 1.807) is 17.4 Å². The van der Waals surface area contributed by atoms with Crippen LogP contribution in [-0.2, 0) is 12.7 Å². The fourth-order valence-electron chi connectivity index (χ4n) is 3.06. The van der Waals surface area contributed by atoms with Crippen molar-refractivity contribution in [2.45, 2.75) is 12.7 Å². The molecule has 0 atom stereocenters. The second-order valence-corrected chi connectivity index (χ2v) is 7.12. The van der Waals surface area contributed by atoms with E-state index in [9.17, 15) is 13.2 Å². The molecule has 2 aromatic heterocycles. The molecule has 142 valence electrons. The summed E-state index contributed by atoms with van der Waals surface area (Å²) >= 11 is 1.57. The van der Waals surface area contributed by atoms with Crippen molar-refractivity contribution < 1.29 is 17.7 Å². The number of rotatable bonds is 4. The molecule has 1 aromatic carbocycles. The lowest BCUT2D eigenvalue weighted by Gasteiger charge is -2.35. The topological polar surface area (TPSA) is 45.4 Å². The van der Waals surface area contributed by atoms with Gasteiger partial charge in [-0.25, -0.2) is 0 Å². The Morgan fingerprint density at radius 1 is 1.11 bits per heavy atom. The molecule has 0 unspecified atom stereocenters. The van der Waals surface area contributed by atoms with Crippen molar-refractivity contribution >= 4 is 17.0 Å². The van der Waals surface area contributed by atoms with Crippen LogP contribution in [0.1, 0.15) is 11.5 Å². The normalized spacial score (nSPS) is 16.0. The first-order valence-electron chi connectivity index (χ1n) is 8.49. The maximum Gasteiger partial charge on any atom is 0.416 e. The zero-order valence-corrected chi connectivity index (χ0v) is 15.1. The predicted molar refractivity (Wildman–Crippen MR) is 96.5 cm³/mol. The minimum absolute atomic E-state index is 0.535. The highest BCUT2D eigenvalue weighted by Crippen LogP contribution is 2.32. The first-order valence-corrected chi connectivity index (χ1v) is 9.43. The van der Waals surface area contributed by atoms with Gasteiger partial charge in [0, 0.05) is 42.8 Å². The summed E-state index contributed by atoms with van der Waals surface area (Å²) in [6.45, 7) is 3.26. The van der Waals surface area contributed by atoms with Crippen LogP contribution in [0.3, 0.4) is 0 Å². The third-order valence-electron chi connectivity index (χ3n) is 4.52. The molecule has 9 heteroatoms. The average Bonchev–Trinajstić information content (AvgIpc) is 3.33. The molecule has 0 amide bonds. The second-order valence-electron chi connectivity index (χ2n) is 6.34. The van der Waals surface area contributed by atoms with Gasteiger partial charge in [-0.1, -0.05) is 11.2 Å². The Bertz CT molecular complexity index is 886. The number of aromatic nitrogens is 2. The smallest absolute Gasteiger partial charge is 0.369 e. The van der Waals surface area contributed by atoms with Crippen LogP contribution in [0, 0.1) is 0 Å². The molecule has 0 spiro atoms. The molecule has 5 nitrogen and oxygen atoms in total. The van der Waals surface area contributed by atoms with Gasteiger partial charge in [0.2, 0.25) is 11.7 Å². The first kappa shape index (κ1) is 18.0. The molecule has 1 aliphatic rings. The van der Waals surface area contributed by atoms with Gasteiger partial charge in [-0.05, 0) is 29.6 Å². The number of thiophene rings is 1. The number of piperazine rings is 1. The number of halogens is 3. The minimum atomic E-state index is -4.32. The molecule has 0 radical (unpaired) electrons. The van der Waals surface area contributed by atoms with Crippen LogP contribution in [0.25, 0.3) is 11.4 Å². The van der Waals surface area contributed by atoms with E-state index in [1.165, 1.54) is 12.1 Å². The molecular weight excluding hydrogens is 377 g/mol. The summed E-state index contributed by atoms with van der Waals surface area (Å²) < 4.78 is 44.0. The van der Waals surface area contributed by atoms with E-state index in [1.807, 2.05) is 21.7 Å². The molecule has 3 aromatic rings. The van der Waals surface area contributed by atoms with Crippen molar-refractivity contribution in [3.63, 3.8) is 0 Å². The molecule has 1 aliphatic heterocycles. The van der Waals surface area contributed by atoms with Crippen molar-refractivity contribution in [2.24, 2.45) is 0 Å². The number of alkyl halides is 3. The molecule has 0 aliphatic carbocycles. The van der Waals surface area contributed by atoms with Crippen LogP contribution in [0.2, 0.25) is 0 Å². The maximum absolute atomic E-state index is 12.9. The summed E-state index contributed by atoms with van der Waals surface area (Å²) in [5, 5.41) is 7.91. The Morgan fingerprint density at radius 2 is 1.93 bits per heavy atom. The van der Waals surface area contributed by atoms with Crippen LogP contribution in [0.15, 0.2) is 45.6 Å². The summed E-state index contributed by atoms with van der Waals surface area (Å²) in [4.78, 5) is 8.54. The fraction of sp³-hybridized carbons (Fsp3) is 0.333. The van der Waals surface area contributed by atoms with Crippen LogP contribution in [-0.4, -0.2) is 41.2 Å². The van der Waals surface area contributed by atoms with E-state index in [0.29, 0.717) is 50.1 Å². The standard InChI is InChI=1S/C18H17F3N4OS/c19-18(20,21)14-2-1-3-15(10-14)25-7-5-24(6-8-25)11-16-22-17(23-26-16)13-4-9-27-12-13/h1-4,9-10,12H,5-8,11H2. The quantitative estimate of drug-likeness (QED) is 0.666. The number of nitrogens with zero attached hydrogens (tertiary/aromatic N) is 4. The second kappa shape index (κ2) is 7.32. The van der Waals surface area contributed by atoms with Crippen molar-refractivity contribution in [1.82, 2.24) is 15.0 Å². The van der Waals surface area contributed by atoms with Gasteiger partial charge >= 0.3 is 6.18 Å². The third kappa shape index (κ3) is 4.14. The summed E-state index contributed by atoms with van der Waals surface area (Å²) in [7, 11) is 0. The van der Waals surface area contributed by atoms with Gasteiger partial charge in [-0.3, -0.25) is 4.90 Å². The lowest BCUT2D eigenvalue weighted by atomic mass is 10.1. The molecule has 3 heterocycles. The molecule has 0 N–H and O–H groups in total. The first-order chi connectivity index (χ1) is 13.0. The number of anilines is 1. The third-order valence-corrected chi connectivity index (χ3v) is 5.20. The van der Waals surface area contributed by atoms with Gasteiger partial charge in [0.1, 0.15) is 0 Å². The van der Waals surface area contributed by atoms with Crippen molar-refractivity contribution in [3.05, 3.63) is 52.5 Å². The number of hydrogen-bond acceptors (Lipinski definition) is 6. The lowest BCUT2D eigenvalue weighted by molar-refractivity contribution is -0.137. The molecule has 0 saturated carbocycles. The zero-order valence-electron chi connectivity index (χ0n) is 14.3. The molecule has 4 rings (SSSR count). The summed E-state index contributed by atoms with van der Waals surface area (Å²) in [5.41, 5.74) is 0.917. The highest BCUT2D eigenvalue weighted by atomic mass is 32.1. The fourth-order valence-corrected chi connectivity index (χ4v) is 3.70. The molecule has 27 heavy (non-hydrogen) atoms. The maximum atomic E-state index is 12.9. The predicted octanol–water partition coefficient (Wildman–Crippen LogP) is 4.14. The van der Waals surface area contributed by atoms with E-state index in [0.717, 1.165) is 11.6 Å². The average molecular weight is 394 g/mol. The minimum Gasteiger partial charge on any atom is -0.369 e. The van der Waals surface area contributed by atoms with Gasteiger partial charge < -0.3 is 9.42 Å². The molecule has 1 fully saturated rings. The monoisotopic (exact) mass is 394 g/mol. The van der Waals surface area contributed by atoms with Crippen molar-refractivity contribution in [3.8, 4) is 11.4 Å². The SMILES string of the molecule is FC(F)(F)c1cccc(N2CCN(Cc3nc(-c4ccsc4)no3)CC2)c1.